The highest BCUT2D eigenvalue weighted by Gasteiger charge is 2.33. The molecule has 4 rings (SSSR count). The average molecular weight is 449 g/mol. The summed E-state index contributed by atoms with van der Waals surface area (Å²) in [5.41, 5.74) is 2.49. The van der Waals surface area contributed by atoms with E-state index in [2.05, 4.69) is 14.4 Å². The minimum absolute atomic E-state index is 0.180. The molecule has 0 radical (unpaired) electrons. The number of hydrogen-bond donors (Lipinski definition) is 0. The summed E-state index contributed by atoms with van der Waals surface area (Å²) in [6.07, 6.45) is 1.94. The van der Waals surface area contributed by atoms with Crippen molar-refractivity contribution in [2.45, 2.75) is 20.4 Å². The van der Waals surface area contributed by atoms with Crippen LogP contribution in [0, 0.1) is 5.41 Å². The van der Waals surface area contributed by atoms with Gasteiger partial charge in [0.15, 0.2) is 5.84 Å². The van der Waals surface area contributed by atoms with E-state index in [0.29, 0.717) is 23.1 Å². The Kier molecular flexibility index (Phi) is 5.84. The SMILES string of the molecule is COC(=O)C(C)(C)CN1CCN(C2=Nc3ccc(Cl)cc3Cn3cc(Cl)cc32)CC1. The highest BCUT2D eigenvalue weighted by molar-refractivity contribution is 6.31. The number of rotatable bonds is 3. The van der Waals surface area contributed by atoms with Crippen LogP contribution in [-0.4, -0.2) is 66.0 Å². The maximum atomic E-state index is 12.0. The molecule has 30 heavy (non-hydrogen) atoms. The van der Waals surface area contributed by atoms with Crippen molar-refractivity contribution in [2.24, 2.45) is 10.4 Å². The van der Waals surface area contributed by atoms with E-state index in [0.717, 1.165) is 49.0 Å². The molecule has 160 valence electrons. The van der Waals surface area contributed by atoms with Gasteiger partial charge in [-0.15, -0.1) is 0 Å². The average Bonchev–Trinajstić information content (AvgIpc) is 3.00. The first-order valence-corrected chi connectivity index (χ1v) is 10.8. The molecule has 1 fully saturated rings. The summed E-state index contributed by atoms with van der Waals surface area (Å²) < 4.78 is 7.08. The van der Waals surface area contributed by atoms with Gasteiger partial charge in [0, 0.05) is 50.5 Å². The molecule has 0 N–H and O–H groups in total. The van der Waals surface area contributed by atoms with Gasteiger partial charge in [-0.2, -0.15) is 0 Å². The topological polar surface area (TPSA) is 50.1 Å². The molecule has 0 spiro atoms. The van der Waals surface area contributed by atoms with Crippen molar-refractivity contribution < 1.29 is 9.53 Å². The molecular formula is C22H26Cl2N4O2. The summed E-state index contributed by atoms with van der Waals surface area (Å²) in [4.78, 5) is 21.7. The highest BCUT2D eigenvalue weighted by atomic mass is 35.5. The Morgan fingerprint density at radius 1 is 1.13 bits per heavy atom. The van der Waals surface area contributed by atoms with E-state index < -0.39 is 5.41 Å². The number of nitrogens with zero attached hydrogens (tertiary/aromatic N) is 4. The Morgan fingerprint density at radius 3 is 2.57 bits per heavy atom. The van der Waals surface area contributed by atoms with Crippen LogP contribution in [-0.2, 0) is 16.1 Å². The third-order valence-electron chi connectivity index (χ3n) is 5.73. The Balaban J connectivity index is 1.56. The lowest BCUT2D eigenvalue weighted by molar-refractivity contribution is -0.152. The van der Waals surface area contributed by atoms with E-state index in [4.69, 9.17) is 32.9 Å². The molecule has 2 aliphatic rings. The third-order valence-corrected chi connectivity index (χ3v) is 6.17. The largest absolute Gasteiger partial charge is 0.469 e. The number of ether oxygens (including phenoxy) is 1. The molecule has 0 atom stereocenters. The van der Waals surface area contributed by atoms with Crippen molar-refractivity contribution in [1.82, 2.24) is 14.4 Å². The lowest BCUT2D eigenvalue weighted by Gasteiger charge is -2.39. The van der Waals surface area contributed by atoms with Gasteiger partial charge in [-0.05, 0) is 43.7 Å². The molecular weight excluding hydrogens is 423 g/mol. The summed E-state index contributed by atoms with van der Waals surface area (Å²) in [7, 11) is 1.44. The van der Waals surface area contributed by atoms with Gasteiger partial charge >= 0.3 is 5.97 Å². The predicted molar refractivity (Wildman–Crippen MR) is 120 cm³/mol. The van der Waals surface area contributed by atoms with E-state index in [1.165, 1.54) is 7.11 Å². The Labute approximate surface area is 187 Å². The first kappa shape index (κ1) is 21.2. The number of benzene rings is 1. The maximum absolute atomic E-state index is 12.0. The van der Waals surface area contributed by atoms with Gasteiger partial charge in [0.05, 0.1) is 28.9 Å². The van der Waals surface area contributed by atoms with Crippen molar-refractivity contribution in [2.75, 3.05) is 39.8 Å². The number of aromatic nitrogens is 1. The van der Waals surface area contributed by atoms with Crippen LogP contribution < -0.4 is 0 Å². The molecule has 0 saturated carbocycles. The van der Waals surface area contributed by atoms with Gasteiger partial charge in [-0.1, -0.05) is 23.2 Å². The fraction of sp³-hybridized carbons (Fsp3) is 0.455. The van der Waals surface area contributed by atoms with Gasteiger partial charge in [0.2, 0.25) is 0 Å². The summed E-state index contributed by atoms with van der Waals surface area (Å²) in [6.45, 7) is 8.54. The minimum Gasteiger partial charge on any atom is -0.469 e. The molecule has 1 saturated heterocycles. The molecule has 2 aromatic rings. The van der Waals surface area contributed by atoms with Crippen molar-refractivity contribution in [1.29, 1.82) is 0 Å². The van der Waals surface area contributed by atoms with E-state index >= 15 is 0 Å². The molecule has 0 aliphatic carbocycles. The van der Waals surface area contributed by atoms with Crippen LogP contribution in [0.15, 0.2) is 35.5 Å². The van der Waals surface area contributed by atoms with E-state index in [9.17, 15) is 4.79 Å². The molecule has 6 nitrogen and oxygen atoms in total. The van der Waals surface area contributed by atoms with Crippen LogP contribution in [0.4, 0.5) is 5.69 Å². The maximum Gasteiger partial charge on any atom is 0.312 e. The zero-order valence-corrected chi connectivity index (χ0v) is 19.0. The fourth-order valence-corrected chi connectivity index (χ4v) is 4.60. The predicted octanol–water partition coefficient (Wildman–Crippen LogP) is 4.05. The van der Waals surface area contributed by atoms with Gasteiger partial charge in [0.25, 0.3) is 0 Å². The van der Waals surface area contributed by atoms with Gasteiger partial charge < -0.3 is 14.2 Å². The number of halogens is 2. The van der Waals surface area contributed by atoms with Crippen molar-refractivity contribution >= 4 is 40.7 Å². The zero-order chi connectivity index (χ0) is 21.5. The van der Waals surface area contributed by atoms with Crippen LogP contribution in [0.2, 0.25) is 10.0 Å². The third kappa shape index (κ3) is 4.22. The van der Waals surface area contributed by atoms with Crippen molar-refractivity contribution in [3.05, 3.63) is 51.8 Å². The summed E-state index contributed by atoms with van der Waals surface area (Å²) in [5.74, 6) is 0.746. The molecule has 1 aromatic heterocycles. The number of carbonyl (C=O) groups is 1. The summed E-state index contributed by atoms with van der Waals surface area (Å²) in [5, 5.41) is 1.40. The number of fused-ring (bicyclic) bond motifs is 2. The number of esters is 1. The number of amidine groups is 1. The van der Waals surface area contributed by atoms with Crippen LogP contribution in [0.1, 0.15) is 25.1 Å². The van der Waals surface area contributed by atoms with E-state index in [1.54, 1.807) is 0 Å². The van der Waals surface area contributed by atoms with Crippen LogP contribution >= 0.6 is 23.2 Å². The highest BCUT2D eigenvalue weighted by Crippen LogP contribution is 2.31. The molecule has 3 heterocycles. The van der Waals surface area contributed by atoms with E-state index in [1.807, 2.05) is 44.3 Å². The fourth-order valence-electron chi connectivity index (χ4n) is 4.19. The summed E-state index contributed by atoms with van der Waals surface area (Å²) in [6, 6.07) is 7.79. The lowest BCUT2D eigenvalue weighted by atomic mass is 9.92. The van der Waals surface area contributed by atoms with Crippen LogP contribution in [0.5, 0.6) is 0 Å². The second-order valence-electron chi connectivity index (χ2n) is 8.52. The molecule has 0 bridgehead atoms. The van der Waals surface area contributed by atoms with Crippen molar-refractivity contribution in [3.63, 3.8) is 0 Å². The normalized spacial score (nSPS) is 17.1. The number of hydrogen-bond acceptors (Lipinski definition) is 5. The summed E-state index contributed by atoms with van der Waals surface area (Å²) >= 11 is 12.5. The second-order valence-corrected chi connectivity index (χ2v) is 9.39. The van der Waals surface area contributed by atoms with Crippen LogP contribution in [0.25, 0.3) is 0 Å². The quantitative estimate of drug-likeness (QED) is 0.664. The minimum atomic E-state index is -0.531. The zero-order valence-electron chi connectivity index (χ0n) is 17.5. The van der Waals surface area contributed by atoms with Gasteiger partial charge in [-0.3, -0.25) is 9.69 Å². The Bertz CT molecular complexity index is 991. The monoisotopic (exact) mass is 448 g/mol. The number of carbonyl (C=O) groups excluding carboxylic acids is 1. The Morgan fingerprint density at radius 2 is 1.87 bits per heavy atom. The molecule has 1 aromatic carbocycles. The molecule has 2 aliphatic heterocycles. The molecule has 0 amide bonds. The van der Waals surface area contributed by atoms with Crippen molar-refractivity contribution in [3.8, 4) is 0 Å². The van der Waals surface area contributed by atoms with E-state index in [-0.39, 0.29) is 5.97 Å². The van der Waals surface area contributed by atoms with Gasteiger partial charge in [-0.25, -0.2) is 4.99 Å². The standard InChI is InChI=1S/C22H26Cl2N4O2/c1-22(2,21(29)30-3)14-26-6-8-27(9-7-26)20-19-11-17(24)13-28(19)12-15-10-16(23)4-5-18(15)25-20/h4-5,10-11,13H,6-9,12,14H2,1-3H3. The van der Waals surface area contributed by atoms with Gasteiger partial charge in [0.1, 0.15) is 0 Å². The lowest BCUT2D eigenvalue weighted by Crippen LogP contribution is -2.52. The first-order chi connectivity index (χ1) is 14.3. The molecule has 0 unspecified atom stereocenters. The second kappa shape index (κ2) is 8.25. The number of methoxy groups -OCH3 is 1. The smallest absolute Gasteiger partial charge is 0.312 e. The number of piperazine rings is 1. The molecule has 8 heteroatoms. The number of aliphatic imine (C=N–C) groups is 1. The van der Waals surface area contributed by atoms with Crippen LogP contribution in [0.3, 0.4) is 0 Å². The first-order valence-electron chi connectivity index (χ1n) is 10.1. The Hall–Kier alpha value is -2.02.